The van der Waals surface area contributed by atoms with Crippen LogP contribution in [0, 0.1) is 11.3 Å². The lowest BCUT2D eigenvalue weighted by Gasteiger charge is -2.42. The van der Waals surface area contributed by atoms with Crippen molar-refractivity contribution in [3.05, 3.63) is 41.5 Å². The molecule has 0 aliphatic carbocycles. The summed E-state index contributed by atoms with van der Waals surface area (Å²) in [6.45, 7) is 3.33. The topological polar surface area (TPSA) is 108 Å². The third-order valence-electron chi connectivity index (χ3n) is 3.94. The Labute approximate surface area is 132 Å². The maximum Gasteiger partial charge on any atom is 0.234 e. The van der Waals surface area contributed by atoms with Gasteiger partial charge in [0.25, 0.3) is 0 Å². The van der Waals surface area contributed by atoms with Crippen LogP contribution >= 0.6 is 0 Å². The lowest BCUT2D eigenvalue weighted by atomic mass is 9.84. The lowest BCUT2D eigenvalue weighted by Crippen LogP contribution is -2.51. The molecule has 2 N–H and O–H groups in total. The van der Waals surface area contributed by atoms with Crippen LogP contribution in [0.4, 0.5) is 0 Å². The predicted molar refractivity (Wildman–Crippen MR) is 78.9 cm³/mol. The normalized spacial score (nSPS) is 25.8. The number of hydrogen-bond acceptors (Lipinski definition) is 7. The second-order valence-electron chi connectivity index (χ2n) is 5.58. The van der Waals surface area contributed by atoms with Crippen molar-refractivity contribution in [2.24, 2.45) is 0 Å². The fourth-order valence-corrected chi connectivity index (χ4v) is 2.45. The third kappa shape index (κ3) is 2.64. The number of nitrogens with zero attached hydrogens (tertiary/aromatic N) is 3. The fraction of sp³-hybridized carbons (Fsp3) is 0.312. The summed E-state index contributed by atoms with van der Waals surface area (Å²) < 4.78 is 11.5. The molecular weight excluding hydrogens is 298 g/mol. The molecule has 118 valence electrons. The summed E-state index contributed by atoms with van der Waals surface area (Å²) >= 11 is 0. The van der Waals surface area contributed by atoms with E-state index in [4.69, 9.17) is 14.7 Å². The molecule has 0 saturated carbocycles. The van der Waals surface area contributed by atoms with Crippen molar-refractivity contribution >= 4 is 0 Å². The van der Waals surface area contributed by atoms with Crippen LogP contribution < -0.4 is 9.47 Å². The Bertz CT molecular complexity index is 768. The molecule has 7 heteroatoms. The molecular formula is C16H15N3O4. The first-order chi connectivity index (χ1) is 10.9. The molecule has 1 aliphatic rings. The minimum absolute atomic E-state index is 0.149. The van der Waals surface area contributed by atoms with Gasteiger partial charge in [0.1, 0.15) is 17.5 Å². The molecule has 1 aliphatic heterocycles. The Morgan fingerprint density at radius 2 is 2.09 bits per heavy atom. The highest BCUT2D eigenvalue weighted by atomic mass is 16.5. The zero-order valence-corrected chi connectivity index (χ0v) is 12.6. The molecule has 2 aromatic rings. The molecule has 7 nitrogen and oxygen atoms in total. The molecule has 3 atom stereocenters. The maximum atomic E-state index is 10.8. The number of benzene rings is 1. The summed E-state index contributed by atoms with van der Waals surface area (Å²) in [6.07, 6.45) is -1.33. The van der Waals surface area contributed by atoms with Crippen molar-refractivity contribution in [3.63, 3.8) is 0 Å². The number of aromatic hydroxyl groups is 1. The average molecular weight is 313 g/mol. The van der Waals surface area contributed by atoms with Gasteiger partial charge in [-0.05, 0) is 32.0 Å². The molecule has 0 radical (unpaired) electrons. The third-order valence-corrected chi connectivity index (χ3v) is 3.94. The summed E-state index contributed by atoms with van der Waals surface area (Å²) in [7, 11) is 0. The predicted octanol–water partition coefficient (Wildman–Crippen LogP) is 1.71. The van der Waals surface area contributed by atoms with Crippen molar-refractivity contribution in [1.29, 1.82) is 5.26 Å². The SMILES string of the molecule is CC1Oc2ccc(C#N)cc2C(Oc2ccc(O)nn2)C1(C)O. The van der Waals surface area contributed by atoms with Crippen molar-refractivity contribution < 1.29 is 19.7 Å². The van der Waals surface area contributed by atoms with Gasteiger partial charge in [0.15, 0.2) is 6.10 Å². The van der Waals surface area contributed by atoms with Crippen LogP contribution in [0.2, 0.25) is 0 Å². The Hall–Kier alpha value is -2.85. The highest BCUT2D eigenvalue weighted by Crippen LogP contribution is 2.43. The van der Waals surface area contributed by atoms with Gasteiger partial charge in [-0.15, -0.1) is 10.2 Å². The van der Waals surface area contributed by atoms with Crippen LogP contribution in [-0.2, 0) is 0 Å². The van der Waals surface area contributed by atoms with E-state index >= 15 is 0 Å². The standard InChI is InChI=1S/C16H15N3O4/c1-9-16(2,21)15(23-14-6-5-13(20)18-19-14)11-7-10(8-17)3-4-12(11)22-9/h3-7,9,15,21H,1-2H3,(H,18,20). The molecule has 0 amide bonds. The van der Waals surface area contributed by atoms with Gasteiger partial charge in [-0.2, -0.15) is 5.26 Å². The van der Waals surface area contributed by atoms with E-state index in [9.17, 15) is 10.2 Å². The molecule has 0 spiro atoms. The molecule has 0 bridgehead atoms. The number of hydrogen-bond donors (Lipinski definition) is 2. The second-order valence-corrected chi connectivity index (χ2v) is 5.58. The van der Waals surface area contributed by atoms with E-state index in [-0.39, 0.29) is 11.8 Å². The number of aliphatic hydroxyl groups is 1. The van der Waals surface area contributed by atoms with Crippen LogP contribution in [0.5, 0.6) is 17.5 Å². The van der Waals surface area contributed by atoms with Crippen LogP contribution in [0.3, 0.4) is 0 Å². The molecule has 0 fully saturated rings. The molecule has 1 aromatic carbocycles. The van der Waals surface area contributed by atoms with Gasteiger partial charge in [-0.25, -0.2) is 0 Å². The Kier molecular flexibility index (Phi) is 3.54. The number of fused-ring (bicyclic) bond motifs is 1. The van der Waals surface area contributed by atoms with Crippen molar-refractivity contribution in [2.45, 2.75) is 31.7 Å². The van der Waals surface area contributed by atoms with E-state index in [0.717, 1.165) is 0 Å². The van der Waals surface area contributed by atoms with Gasteiger partial charge in [0.2, 0.25) is 11.8 Å². The Morgan fingerprint density at radius 1 is 1.30 bits per heavy atom. The first-order valence-electron chi connectivity index (χ1n) is 7.04. The van der Waals surface area contributed by atoms with Gasteiger partial charge in [0.05, 0.1) is 11.6 Å². The molecule has 3 rings (SSSR count). The van der Waals surface area contributed by atoms with Crippen LogP contribution in [-0.4, -0.2) is 32.1 Å². The summed E-state index contributed by atoms with van der Waals surface area (Å²) in [6, 6.07) is 9.78. The number of ether oxygens (including phenoxy) is 2. The zero-order valence-electron chi connectivity index (χ0n) is 12.6. The summed E-state index contributed by atoms with van der Waals surface area (Å²) in [5.41, 5.74) is -0.356. The zero-order chi connectivity index (χ0) is 16.6. The minimum atomic E-state index is -1.35. The van der Waals surface area contributed by atoms with Crippen molar-refractivity contribution in [2.75, 3.05) is 0 Å². The fourth-order valence-electron chi connectivity index (χ4n) is 2.45. The smallest absolute Gasteiger partial charge is 0.234 e. The molecule has 3 unspecified atom stereocenters. The van der Waals surface area contributed by atoms with E-state index in [1.165, 1.54) is 12.1 Å². The lowest BCUT2D eigenvalue weighted by molar-refractivity contribution is -0.128. The van der Waals surface area contributed by atoms with Gasteiger partial charge in [-0.1, -0.05) is 0 Å². The second kappa shape index (κ2) is 5.41. The van der Waals surface area contributed by atoms with Crippen LogP contribution in [0.25, 0.3) is 0 Å². The van der Waals surface area contributed by atoms with Crippen molar-refractivity contribution in [1.82, 2.24) is 10.2 Å². The van der Waals surface area contributed by atoms with Gasteiger partial charge >= 0.3 is 0 Å². The minimum Gasteiger partial charge on any atom is -0.492 e. The monoisotopic (exact) mass is 313 g/mol. The highest BCUT2D eigenvalue weighted by molar-refractivity contribution is 5.46. The highest BCUT2D eigenvalue weighted by Gasteiger charge is 2.47. The van der Waals surface area contributed by atoms with Crippen molar-refractivity contribution in [3.8, 4) is 23.6 Å². The Morgan fingerprint density at radius 3 is 2.74 bits per heavy atom. The van der Waals surface area contributed by atoms with E-state index in [2.05, 4.69) is 16.3 Å². The Balaban J connectivity index is 2.05. The van der Waals surface area contributed by atoms with E-state index in [0.29, 0.717) is 16.9 Å². The van der Waals surface area contributed by atoms with Gasteiger partial charge in [-0.3, -0.25) is 0 Å². The summed E-state index contributed by atoms with van der Waals surface area (Å²) in [5, 5.41) is 36.3. The first-order valence-corrected chi connectivity index (χ1v) is 7.04. The molecule has 2 heterocycles. The molecule has 0 saturated heterocycles. The molecule has 1 aromatic heterocycles. The number of aromatic nitrogens is 2. The van der Waals surface area contributed by atoms with Gasteiger partial charge in [0, 0.05) is 17.7 Å². The summed E-state index contributed by atoms with van der Waals surface area (Å²) in [5.74, 6) is 0.465. The largest absolute Gasteiger partial charge is 0.492 e. The van der Waals surface area contributed by atoms with Crippen LogP contribution in [0.1, 0.15) is 31.1 Å². The summed E-state index contributed by atoms with van der Waals surface area (Å²) in [4.78, 5) is 0. The number of nitriles is 1. The van der Waals surface area contributed by atoms with E-state index < -0.39 is 17.8 Å². The maximum absolute atomic E-state index is 10.8. The average Bonchev–Trinajstić information content (AvgIpc) is 2.53. The van der Waals surface area contributed by atoms with Gasteiger partial charge < -0.3 is 19.7 Å². The van der Waals surface area contributed by atoms with E-state index in [1.807, 2.05) is 0 Å². The van der Waals surface area contributed by atoms with Crippen LogP contribution in [0.15, 0.2) is 30.3 Å². The molecule has 23 heavy (non-hydrogen) atoms. The number of rotatable bonds is 2. The van der Waals surface area contributed by atoms with E-state index in [1.54, 1.807) is 32.0 Å². The quantitative estimate of drug-likeness (QED) is 0.868. The first kappa shape index (κ1) is 15.1.